The molecule has 3 N–H and O–H groups in total. The van der Waals surface area contributed by atoms with E-state index in [2.05, 4.69) is 31.3 Å². The van der Waals surface area contributed by atoms with Gasteiger partial charge >= 0.3 is 0 Å². The second-order valence-electron chi connectivity index (χ2n) is 6.98. The number of benzene rings is 2. The van der Waals surface area contributed by atoms with E-state index in [0.29, 0.717) is 24.0 Å². The Morgan fingerprint density at radius 2 is 1.62 bits per heavy atom. The first-order valence-corrected chi connectivity index (χ1v) is 9.01. The van der Waals surface area contributed by atoms with Gasteiger partial charge in [-0.25, -0.2) is 0 Å². The van der Waals surface area contributed by atoms with Crippen LogP contribution < -0.4 is 20.5 Å². The van der Waals surface area contributed by atoms with Crippen molar-refractivity contribution < 1.29 is 14.3 Å². The molecule has 1 heterocycles. The van der Waals surface area contributed by atoms with Crippen LogP contribution in [0, 0.1) is 0 Å². The molecule has 138 valence electrons. The van der Waals surface area contributed by atoms with Gasteiger partial charge in [0.1, 0.15) is 6.10 Å². The number of fused-ring (bicyclic) bond motifs is 1. The lowest BCUT2D eigenvalue weighted by Crippen LogP contribution is -2.50. The van der Waals surface area contributed by atoms with Crippen LogP contribution >= 0.6 is 0 Å². The van der Waals surface area contributed by atoms with E-state index in [-0.39, 0.29) is 18.1 Å². The van der Waals surface area contributed by atoms with Crippen molar-refractivity contribution >= 4 is 5.91 Å². The lowest BCUT2D eigenvalue weighted by atomic mass is 9.99. The summed E-state index contributed by atoms with van der Waals surface area (Å²) in [5.41, 5.74) is 8.49. The van der Waals surface area contributed by atoms with Gasteiger partial charge in [0.2, 0.25) is 6.10 Å². The first kappa shape index (κ1) is 18.3. The Hall–Kier alpha value is -2.53. The van der Waals surface area contributed by atoms with Gasteiger partial charge in [-0.1, -0.05) is 50.2 Å². The van der Waals surface area contributed by atoms with Gasteiger partial charge in [-0.05, 0) is 36.1 Å². The average Bonchev–Trinajstić information content (AvgIpc) is 2.65. The number of nitrogens with two attached hydrogens (primary N) is 1. The highest BCUT2D eigenvalue weighted by Gasteiger charge is 2.34. The fourth-order valence-corrected chi connectivity index (χ4v) is 2.96. The summed E-state index contributed by atoms with van der Waals surface area (Å²) in [6.45, 7) is 6.47. The zero-order valence-corrected chi connectivity index (χ0v) is 15.4. The van der Waals surface area contributed by atoms with Crippen molar-refractivity contribution in [3.63, 3.8) is 0 Å². The molecular weight excluding hydrogens is 328 g/mol. The van der Waals surface area contributed by atoms with E-state index in [9.17, 15) is 4.79 Å². The van der Waals surface area contributed by atoms with Crippen LogP contribution in [0.5, 0.6) is 11.5 Å². The van der Waals surface area contributed by atoms with Crippen molar-refractivity contribution in [3.05, 3.63) is 59.7 Å². The van der Waals surface area contributed by atoms with E-state index >= 15 is 0 Å². The topological polar surface area (TPSA) is 73.6 Å². The molecule has 2 aromatic rings. The van der Waals surface area contributed by atoms with Gasteiger partial charge in [0.05, 0.1) is 0 Å². The number of rotatable bonds is 5. The van der Waals surface area contributed by atoms with Gasteiger partial charge < -0.3 is 20.5 Å². The van der Waals surface area contributed by atoms with Gasteiger partial charge in [-0.15, -0.1) is 0 Å². The molecule has 5 nitrogen and oxygen atoms in total. The van der Waals surface area contributed by atoms with Crippen molar-refractivity contribution in [1.82, 2.24) is 5.32 Å². The normalized spacial score (nSPS) is 19.9. The molecule has 1 amide bonds. The van der Waals surface area contributed by atoms with E-state index in [1.807, 2.05) is 37.3 Å². The van der Waals surface area contributed by atoms with Crippen LogP contribution in [0.4, 0.5) is 0 Å². The first-order valence-electron chi connectivity index (χ1n) is 9.01. The minimum Gasteiger partial charge on any atom is -0.482 e. The van der Waals surface area contributed by atoms with Gasteiger partial charge in [0, 0.05) is 12.6 Å². The minimum absolute atomic E-state index is 0.221. The third-order valence-electron chi connectivity index (χ3n) is 4.63. The fourth-order valence-electron chi connectivity index (χ4n) is 2.96. The lowest BCUT2D eigenvalue weighted by molar-refractivity contribution is -0.133. The zero-order chi connectivity index (χ0) is 18.7. The van der Waals surface area contributed by atoms with Crippen molar-refractivity contribution in [2.45, 2.75) is 44.9 Å². The third-order valence-corrected chi connectivity index (χ3v) is 4.63. The molecule has 2 aromatic carbocycles. The maximum Gasteiger partial charge on any atom is 0.265 e. The zero-order valence-electron chi connectivity index (χ0n) is 15.4. The Bertz CT molecular complexity index is 758. The molecule has 3 rings (SSSR count). The Balaban J connectivity index is 1.58. The Labute approximate surface area is 154 Å². The van der Waals surface area contributed by atoms with Gasteiger partial charge in [0.15, 0.2) is 11.5 Å². The van der Waals surface area contributed by atoms with Crippen molar-refractivity contribution in [1.29, 1.82) is 0 Å². The molecule has 5 heteroatoms. The fraction of sp³-hybridized carbons (Fsp3) is 0.381. The maximum atomic E-state index is 12.5. The first-order chi connectivity index (χ1) is 12.5. The summed E-state index contributed by atoms with van der Waals surface area (Å²) < 4.78 is 11.6. The van der Waals surface area contributed by atoms with Crippen LogP contribution in [-0.4, -0.2) is 24.7 Å². The summed E-state index contributed by atoms with van der Waals surface area (Å²) in [4.78, 5) is 12.5. The van der Waals surface area contributed by atoms with E-state index in [1.165, 1.54) is 5.56 Å². The third kappa shape index (κ3) is 3.99. The van der Waals surface area contributed by atoms with Crippen molar-refractivity contribution in [3.8, 4) is 11.5 Å². The molecule has 0 saturated carbocycles. The lowest BCUT2D eigenvalue weighted by Gasteiger charge is -2.31. The van der Waals surface area contributed by atoms with Crippen LogP contribution in [-0.2, 0) is 4.79 Å². The highest BCUT2D eigenvalue weighted by molar-refractivity contribution is 5.82. The predicted octanol–water partition coefficient (Wildman–Crippen LogP) is 3.15. The SMILES string of the molecule is CC(C)c1ccc(C(N)CNC(=O)C2Oc3ccccc3OC2C)cc1. The average molecular weight is 354 g/mol. The number of para-hydroxylation sites is 2. The van der Waals surface area contributed by atoms with Crippen molar-refractivity contribution in [2.24, 2.45) is 5.73 Å². The van der Waals surface area contributed by atoms with Crippen LogP contribution in [0.2, 0.25) is 0 Å². The molecule has 1 aliphatic heterocycles. The minimum atomic E-state index is -0.694. The van der Waals surface area contributed by atoms with E-state index < -0.39 is 6.10 Å². The Morgan fingerprint density at radius 3 is 2.23 bits per heavy atom. The Morgan fingerprint density at radius 1 is 1.04 bits per heavy atom. The van der Waals surface area contributed by atoms with Crippen LogP contribution in [0.25, 0.3) is 0 Å². The summed E-state index contributed by atoms with van der Waals surface area (Å²) in [7, 11) is 0. The predicted molar refractivity (Wildman–Crippen MR) is 101 cm³/mol. The highest BCUT2D eigenvalue weighted by Crippen LogP contribution is 2.33. The number of hydrogen-bond acceptors (Lipinski definition) is 4. The summed E-state index contributed by atoms with van der Waals surface area (Å²) in [6, 6.07) is 15.3. The second kappa shape index (κ2) is 7.79. The highest BCUT2D eigenvalue weighted by atomic mass is 16.6. The van der Waals surface area contributed by atoms with Gasteiger partial charge in [0.25, 0.3) is 5.91 Å². The molecular formula is C21H26N2O3. The molecule has 0 saturated heterocycles. The molecule has 3 unspecified atom stereocenters. The quantitative estimate of drug-likeness (QED) is 0.865. The number of carbonyl (C=O) groups is 1. The second-order valence-corrected chi connectivity index (χ2v) is 6.98. The molecule has 0 fully saturated rings. The summed E-state index contributed by atoms with van der Waals surface area (Å²) >= 11 is 0. The molecule has 0 aromatic heterocycles. The van der Waals surface area contributed by atoms with Gasteiger partial charge in [-0.3, -0.25) is 4.79 Å². The maximum absolute atomic E-state index is 12.5. The molecule has 0 bridgehead atoms. The van der Waals surface area contributed by atoms with E-state index in [0.717, 1.165) is 5.56 Å². The van der Waals surface area contributed by atoms with Crippen molar-refractivity contribution in [2.75, 3.05) is 6.54 Å². The van der Waals surface area contributed by atoms with Crippen LogP contribution in [0.1, 0.15) is 43.9 Å². The van der Waals surface area contributed by atoms with Gasteiger partial charge in [-0.2, -0.15) is 0 Å². The number of hydrogen-bond donors (Lipinski definition) is 2. The van der Waals surface area contributed by atoms with Crippen LogP contribution in [0.3, 0.4) is 0 Å². The molecule has 0 spiro atoms. The smallest absolute Gasteiger partial charge is 0.265 e. The van der Waals surface area contributed by atoms with E-state index in [4.69, 9.17) is 15.2 Å². The molecule has 3 atom stereocenters. The molecule has 1 aliphatic rings. The number of ether oxygens (including phenoxy) is 2. The largest absolute Gasteiger partial charge is 0.482 e. The number of nitrogens with one attached hydrogen (secondary N) is 1. The summed E-state index contributed by atoms with van der Waals surface area (Å²) in [5.74, 6) is 1.50. The van der Waals surface area contributed by atoms with E-state index in [1.54, 1.807) is 6.07 Å². The standard InChI is InChI=1S/C21H26N2O3/c1-13(2)15-8-10-16(11-9-15)17(22)12-23-21(24)20-14(3)25-18-6-4-5-7-19(18)26-20/h4-11,13-14,17,20H,12,22H2,1-3H3,(H,23,24). The van der Waals surface area contributed by atoms with Crippen LogP contribution in [0.15, 0.2) is 48.5 Å². The monoisotopic (exact) mass is 354 g/mol. The molecule has 0 aliphatic carbocycles. The summed E-state index contributed by atoms with van der Waals surface area (Å²) in [6.07, 6.45) is -1.06. The summed E-state index contributed by atoms with van der Waals surface area (Å²) in [5, 5.41) is 2.88. The Kier molecular flexibility index (Phi) is 5.47. The molecule has 26 heavy (non-hydrogen) atoms. The number of amides is 1. The molecule has 0 radical (unpaired) electrons. The number of carbonyl (C=O) groups excluding carboxylic acids is 1.